The molecule has 0 heterocycles. The summed E-state index contributed by atoms with van der Waals surface area (Å²) in [6.07, 6.45) is 1.69. The van der Waals surface area contributed by atoms with Gasteiger partial charge in [-0.05, 0) is 19.8 Å². The van der Waals surface area contributed by atoms with E-state index in [-0.39, 0.29) is 17.9 Å². The third-order valence-electron chi connectivity index (χ3n) is 2.83. The Balaban J connectivity index is 4.12. The Morgan fingerprint density at radius 2 is 2.00 bits per heavy atom. The van der Waals surface area contributed by atoms with Gasteiger partial charge in [-0.1, -0.05) is 13.8 Å². The maximum atomic E-state index is 11.2. The van der Waals surface area contributed by atoms with Crippen LogP contribution in [0.4, 0.5) is 0 Å². The molecule has 1 unspecified atom stereocenters. The predicted octanol–water partition coefficient (Wildman–Crippen LogP) is 1.53. The van der Waals surface area contributed by atoms with E-state index in [4.69, 9.17) is 11.6 Å². The second-order valence-corrected chi connectivity index (χ2v) is 4.35. The van der Waals surface area contributed by atoms with Crippen molar-refractivity contribution in [2.75, 3.05) is 13.2 Å². The van der Waals surface area contributed by atoms with Crippen LogP contribution in [0.2, 0.25) is 0 Å². The first-order valence-electron chi connectivity index (χ1n) is 5.04. The molecule has 0 aliphatic rings. The SMILES string of the molecule is CCC(CC)(CO)CNC(=O)C(C)Cl. The third kappa shape index (κ3) is 3.84. The van der Waals surface area contributed by atoms with Crippen LogP contribution in [0, 0.1) is 5.41 Å². The molecule has 0 spiro atoms. The number of rotatable bonds is 6. The molecule has 0 aromatic heterocycles. The van der Waals surface area contributed by atoms with Crippen LogP contribution in [0.15, 0.2) is 0 Å². The third-order valence-corrected chi connectivity index (χ3v) is 3.03. The van der Waals surface area contributed by atoms with E-state index < -0.39 is 5.38 Å². The molecule has 3 nitrogen and oxygen atoms in total. The van der Waals surface area contributed by atoms with Gasteiger partial charge in [-0.2, -0.15) is 0 Å². The number of alkyl halides is 1. The Labute approximate surface area is 90.8 Å². The van der Waals surface area contributed by atoms with Crippen LogP contribution < -0.4 is 5.32 Å². The molecule has 1 atom stereocenters. The summed E-state index contributed by atoms with van der Waals surface area (Å²) in [5, 5.41) is 11.5. The highest BCUT2D eigenvalue weighted by atomic mass is 35.5. The molecular weight excluding hydrogens is 202 g/mol. The number of hydrogen-bond acceptors (Lipinski definition) is 2. The molecule has 1 amide bonds. The Kier molecular flexibility index (Phi) is 6.12. The number of aliphatic hydroxyl groups is 1. The highest BCUT2D eigenvalue weighted by Crippen LogP contribution is 2.24. The average Bonchev–Trinajstić information content (AvgIpc) is 2.20. The van der Waals surface area contributed by atoms with Crippen molar-refractivity contribution >= 4 is 17.5 Å². The lowest BCUT2D eigenvalue weighted by atomic mass is 9.83. The molecule has 0 saturated carbocycles. The zero-order valence-electron chi connectivity index (χ0n) is 9.14. The van der Waals surface area contributed by atoms with E-state index in [9.17, 15) is 9.90 Å². The maximum Gasteiger partial charge on any atom is 0.237 e. The summed E-state index contributed by atoms with van der Waals surface area (Å²) in [6, 6.07) is 0. The van der Waals surface area contributed by atoms with Crippen molar-refractivity contribution in [2.45, 2.75) is 39.0 Å². The second kappa shape index (κ2) is 6.25. The van der Waals surface area contributed by atoms with Crippen LogP contribution in [-0.4, -0.2) is 29.5 Å². The standard InChI is InChI=1S/C10H20ClNO2/c1-4-10(5-2,7-13)6-12-9(14)8(3)11/h8,13H,4-7H2,1-3H3,(H,12,14). The monoisotopic (exact) mass is 221 g/mol. The quantitative estimate of drug-likeness (QED) is 0.669. The van der Waals surface area contributed by atoms with Gasteiger partial charge in [0.25, 0.3) is 0 Å². The topological polar surface area (TPSA) is 49.3 Å². The van der Waals surface area contributed by atoms with Gasteiger partial charge in [0.2, 0.25) is 5.91 Å². The van der Waals surface area contributed by atoms with E-state index >= 15 is 0 Å². The van der Waals surface area contributed by atoms with E-state index in [1.807, 2.05) is 13.8 Å². The molecule has 0 saturated heterocycles. The molecule has 0 bridgehead atoms. The van der Waals surface area contributed by atoms with Crippen LogP contribution in [0.1, 0.15) is 33.6 Å². The summed E-state index contributed by atoms with van der Waals surface area (Å²) in [5.74, 6) is -0.175. The highest BCUT2D eigenvalue weighted by molar-refractivity contribution is 6.30. The van der Waals surface area contributed by atoms with Crippen molar-refractivity contribution in [3.05, 3.63) is 0 Å². The maximum absolute atomic E-state index is 11.2. The van der Waals surface area contributed by atoms with E-state index in [1.54, 1.807) is 6.92 Å². The van der Waals surface area contributed by atoms with Gasteiger partial charge in [0.15, 0.2) is 0 Å². The Bertz CT molecular complexity index is 171. The van der Waals surface area contributed by atoms with Crippen molar-refractivity contribution in [1.82, 2.24) is 5.32 Å². The van der Waals surface area contributed by atoms with Gasteiger partial charge in [-0.15, -0.1) is 11.6 Å². The molecule has 0 aliphatic heterocycles. The van der Waals surface area contributed by atoms with Crippen LogP contribution in [0.5, 0.6) is 0 Å². The zero-order valence-corrected chi connectivity index (χ0v) is 9.90. The number of carbonyl (C=O) groups excluding carboxylic acids is 1. The summed E-state index contributed by atoms with van der Waals surface area (Å²) in [4.78, 5) is 11.2. The molecule has 0 radical (unpaired) electrons. The molecule has 0 rings (SSSR count). The van der Waals surface area contributed by atoms with Gasteiger partial charge in [0.1, 0.15) is 5.38 Å². The van der Waals surface area contributed by atoms with Crippen LogP contribution in [0.3, 0.4) is 0 Å². The Morgan fingerprint density at radius 1 is 1.50 bits per heavy atom. The lowest BCUT2D eigenvalue weighted by Gasteiger charge is -2.29. The predicted molar refractivity (Wildman–Crippen MR) is 58.4 cm³/mol. The van der Waals surface area contributed by atoms with Gasteiger partial charge in [0.05, 0.1) is 6.61 Å². The normalized spacial score (nSPS) is 13.8. The minimum absolute atomic E-state index is 0.0942. The fraction of sp³-hybridized carbons (Fsp3) is 0.900. The number of nitrogens with one attached hydrogen (secondary N) is 1. The molecule has 14 heavy (non-hydrogen) atoms. The first-order valence-corrected chi connectivity index (χ1v) is 5.47. The molecule has 84 valence electrons. The largest absolute Gasteiger partial charge is 0.396 e. The summed E-state index contributed by atoms with van der Waals surface area (Å²) in [7, 11) is 0. The zero-order chi connectivity index (χ0) is 11.2. The fourth-order valence-corrected chi connectivity index (χ4v) is 1.27. The molecule has 0 aliphatic carbocycles. The van der Waals surface area contributed by atoms with Crippen molar-refractivity contribution in [2.24, 2.45) is 5.41 Å². The fourth-order valence-electron chi connectivity index (χ4n) is 1.19. The minimum atomic E-state index is -0.514. The van der Waals surface area contributed by atoms with E-state index in [1.165, 1.54) is 0 Å². The first-order chi connectivity index (χ1) is 6.51. The molecule has 0 fully saturated rings. The number of aliphatic hydroxyl groups excluding tert-OH is 1. The number of hydrogen-bond donors (Lipinski definition) is 2. The van der Waals surface area contributed by atoms with Crippen molar-refractivity contribution in [1.29, 1.82) is 0 Å². The molecule has 2 N–H and O–H groups in total. The van der Waals surface area contributed by atoms with Gasteiger partial charge in [-0.25, -0.2) is 0 Å². The van der Waals surface area contributed by atoms with Crippen LogP contribution >= 0.6 is 11.6 Å². The molecule has 0 aromatic rings. The van der Waals surface area contributed by atoms with E-state index in [2.05, 4.69) is 5.32 Å². The first kappa shape index (κ1) is 13.7. The number of carbonyl (C=O) groups is 1. The van der Waals surface area contributed by atoms with Crippen LogP contribution in [-0.2, 0) is 4.79 Å². The second-order valence-electron chi connectivity index (χ2n) is 3.70. The van der Waals surface area contributed by atoms with Gasteiger partial charge >= 0.3 is 0 Å². The lowest BCUT2D eigenvalue weighted by molar-refractivity contribution is -0.121. The smallest absolute Gasteiger partial charge is 0.237 e. The molecule has 0 aromatic carbocycles. The summed E-state index contributed by atoms with van der Waals surface area (Å²) in [5.41, 5.74) is -0.193. The van der Waals surface area contributed by atoms with Gasteiger partial charge < -0.3 is 10.4 Å². The summed E-state index contributed by atoms with van der Waals surface area (Å²) >= 11 is 5.61. The summed E-state index contributed by atoms with van der Waals surface area (Å²) in [6.45, 7) is 6.24. The Morgan fingerprint density at radius 3 is 2.29 bits per heavy atom. The highest BCUT2D eigenvalue weighted by Gasteiger charge is 2.26. The average molecular weight is 222 g/mol. The van der Waals surface area contributed by atoms with Gasteiger partial charge in [-0.3, -0.25) is 4.79 Å². The van der Waals surface area contributed by atoms with Crippen LogP contribution in [0.25, 0.3) is 0 Å². The lowest BCUT2D eigenvalue weighted by Crippen LogP contribution is -2.41. The van der Waals surface area contributed by atoms with Crippen molar-refractivity contribution in [3.8, 4) is 0 Å². The van der Waals surface area contributed by atoms with Crippen molar-refractivity contribution < 1.29 is 9.90 Å². The van der Waals surface area contributed by atoms with E-state index in [0.717, 1.165) is 12.8 Å². The number of halogens is 1. The number of amides is 1. The molecular formula is C10H20ClNO2. The van der Waals surface area contributed by atoms with E-state index in [0.29, 0.717) is 6.54 Å². The Hall–Kier alpha value is -0.280. The summed E-state index contributed by atoms with van der Waals surface area (Å²) < 4.78 is 0. The molecule has 4 heteroatoms. The van der Waals surface area contributed by atoms with Crippen molar-refractivity contribution in [3.63, 3.8) is 0 Å². The van der Waals surface area contributed by atoms with Gasteiger partial charge in [0, 0.05) is 12.0 Å². The minimum Gasteiger partial charge on any atom is -0.396 e.